The molecule has 0 bridgehead atoms. The molecule has 1 aliphatic rings. The summed E-state index contributed by atoms with van der Waals surface area (Å²) in [6, 6.07) is 8.05. The van der Waals surface area contributed by atoms with Gasteiger partial charge in [-0.15, -0.1) is 0 Å². The van der Waals surface area contributed by atoms with E-state index in [-0.39, 0.29) is 5.75 Å². The monoisotopic (exact) mass is 282 g/mol. The van der Waals surface area contributed by atoms with Crippen molar-refractivity contribution in [3.8, 4) is 0 Å². The minimum atomic E-state index is -3.18. The van der Waals surface area contributed by atoms with Crippen LogP contribution in [-0.4, -0.2) is 39.3 Å². The van der Waals surface area contributed by atoms with Gasteiger partial charge in [0.1, 0.15) is 0 Å². The predicted octanol–water partition coefficient (Wildman–Crippen LogP) is 1.67. The molecule has 1 heterocycles. The van der Waals surface area contributed by atoms with Gasteiger partial charge in [-0.3, -0.25) is 0 Å². The number of nitrogens with one attached hydrogen (secondary N) is 1. The minimum Gasteiger partial charge on any atom is -0.367 e. The maximum atomic E-state index is 12.2. The van der Waals surface area contributed by atoms with Crippen LogP contribution in [0.4, 0.5) is 5.69 Å². The molecule has 0 aromatic heterocycles. The lowest BCUT2D eigenvalue weighted by atomic mass is 10.1. The number of rotatable bonds is 3. The Morgan fingerprint density at radius 1 is 1.21 bits per heavy atom. The van der Waals surface area contributed by atoms with Crippen LogP contribution in [0.2, 0.25) is 0 Å². The second-order valence-electron chi connectivity index (χ2n) is 5.24. The normalized spacial score (nSPS) is 24.5. The second-order valence-corrected chi connectivity index (χ2v) is 7.49. The molecule has 0 saturated carbocycles. The SMILES string of the molecule is CCS(=O)(=O)c1ccccc1N1CC(C)NC(C)C1. The summed E-state index contributed by atoms with van der Waals surface area (Å²) in [5.41, 5.74) is 0.838. The quantitative estimate of drug-likeness (QED) is 0.916. The summed E-state index contributed by atoms with van der Waals surface area (Å²) >= 11 is 0. The van der Waals surface area contributed by atoms with E-state index in [1.165, 1.54) is 0 Å². The first-order valence-electron chi connectivity index (χ1n) is 6.77. The Bertz CT molecular complexity index is 532. The van der Waals surface area contributed by atoms with Crippen LogP contribution >= 0.6 is 0 Å². The van der Waals surface area contributed by atoms with Crippen molar-refractivity contribution in [3.63, 3.8) is 0 Å². The van der Waals surface area contributed by atoms with Gasteiger partial charge in [0.25, 0.3) is 0 Å². The van der Waals surface area contributed by atoms with E-state index in [0.717, 1.165) is 18.8 Å². The van der Waals surface area contributed by atoms with Gasteiger partial charge in [-0.05, 0) is 26.0 Å². The van der Waals surface area contributed by atoms with Crippen molar-refractivity contribution in [1.82, 2.24) is 5.32 Å². The Labute approximate surface area is 115 Å². The zero-order valence-electron chi connectivity index (χ0n) is 11.8. The van der Waals surface area contributed by atoms with Gasteiger partial charge < -0.3 is 10.2 Å². The van der Waals surface area contributed by atoms with Crippen molar-refractivity contribution in [2.45, 2.75) is 37.8 Å². The lowest BCUT2D eigenvalue weighted by Gasteiger charge is -2.38. The van der Waals surface area contributed by atoms with Gasteiger partial charge in [0.2, 0.25) is 0 Å². The third-order valence-electron chi connectivity index (χ3n) is 3.48. The average Bonchev–Trinajstić information content (AvgIpc) is 2.37. The Kier molecular flexibility index (Phi) is 4.16. The van der Waals surface area contributed by atoms with Crippen molar-refractivity contribution < 1.29 is 8.42 Å². The van der Waals surface area contributed by atoms with E-state index in [9.17, 15) is 8.42 Å². The molecular weight excluding hydrogens is 260 g/mol. The molecular formula is C14H22N2O2S. The number of sulfone groups is 1. The van der Waals surface area contributed by atoms with Crippen LogP contribution in [0.15, 0.2) is 29.2 Å². The van der Waals surface area contributed by atoms with E-state index in [2.05, 4.69) is 24.1 Å². The molecule has 1 aliphatic heterocycles. The lowest BCUT2D eigenvalue weighted by Crippen LogP contribution is -2.54. The first-order chi connectivity index (χ1) is 8.94. The summed E-state index contributed by atoms with van der Waals surface area (Å²) in [5, 5.41) is 3.46. The largest absolute Gasteiger partial charge is 0.367 e. The molecule has 0 spiro atoms. The van der Waals surface area contributed by atoms with E-state index in [1.807, 2.05) is 12.1 Å². The zero-order chi connectivity index (χ0) is 14.0. The smallest absolute Gasteiger partial charge is 0.180 e. The van der Waals surface area contributed by atoms with Crippen LogP contribution in [0.25, 0.3) is 0 Å². The third-order valence-corrected chi connectivity index (χ3v) is 5.25. The van der Waals surface area contributed by atoms with E-state index in [4.69, 9.17) is 0 Å². The van der Waals surface area contributed by atoms with Crippen LogP contribution in [0.5, 0.6) is 0 Å². The fourth-order valence-corrected chi connectivity index (χ4v) is 3.77. The van der Waals surface area contributed by atoms with Crippen molar-refractivity contribution >= 4 is 15.5 Å². The standard InChI is InChI=1S/C14H22N2O2S/c1-4-19(17,18)14-8-6-5-7-13(14)16-9-11(2)15-12(3)10-16/h5-8,11-12,15H,4,9-10H2,1-3H3. The molecule has 5 heteroatoms. The van der Waals surface area contributed by atoms with Gasteiger partial charge in [0.05, 0.1) is 16.3 Å². The fraction of sp³-hybridized carbons (Fsp3) is 0.571. The zero-order valence-corrected chi connectivity index (χ0v) is 12.6. The molecule has 1 fully saturated rings. The Balaban J connectivity index is 2.40. The van der Waals surface area contributed by atoms with Crippen LogP contribution in [0.3, 0.4) is 0 Å². The lowest BCUT2D eigenvalue weighted by molar-refractivity contribution is 0.406. The number of hydrogen-bond donors (Lipinski definition) is 1. The molecule has 0 radical (unpaired) electrons. The van der Waals surface area contributed by atoms with Crippen molar-refractivity contribution in [2.24, 2.45) is 0 Å². The molecule has 106 valence electrons. The first kappa shape index (κ1) is 14.3. The van der Waals surface area contributed by atoms with Gasteiger partial charge in [0, 0.05) is 25.2 Å². The number of piperazine rings is 1. The summed E-state index contributed by atoms with van der Waals surface area (Å²) in [4.78, 5) is 2.63. The topological polar surface area (TPSA) is 49.4 Å². The molecule has 2 rings (SSSR count). The van der Waals surface area contributed by atoms with Crippen LogP contribution in [0, 0.1) is 0 Å². The first-order valence-corrected chi connectivity index (χ1v) is 8.42. The summed E-state index contributed by atoms with van der Waals surface area (Å²) in [5.74, 6) is 0.140. The van der Waals surface area contributed by atoms with Crippen LogP contribution in [0.1, 0.15) is 20.8 Å². The highest BCUT2D eigenvalue weighted by Crippen LogP contribution is 2.27. The molecule has 0 aliphatic carbocycles. The average molecular weight is 282 g/mol. The maximum Gasteiger partial charge on any atom is 0.180 e. The van der Waals surface area contributed by atoms with Gasteiger partial charge in [-0.2, -0.15) is 0 Å². The number of para-hydroxylation sites is 1. The molecule has 2 atom stereocenters. The van der Waals surface area contributed by atoms with Gasteiger partial charge in [0.15, 0.2) is 9.84 Å². The maximum absolute atomic E-state index is 12.2. The molecule has 4 nitrogen and oxygen atoms in total. The van der Waals surface area contributed by atoms with Crippen molar-refractivity contribution in [3.05, 3.63) is 24.3 Å². The summed E-state index contributed by atoms with van der Waals surface area (Å²) in [6.45, 7) is 7.61. The van der Waals surface area contributed by atoms with Crippen LogP contribution < -0.4 is 10.2 Å². The Hall–Kier alpha value is -1.07. The molecule has 0 amide bonds. The molecule has 1 aromatic rings. The predicted molar refractivity (Wildman–Crippen MR) is 78.4 cm³/mol. The summed E-state index contributed by atoms with van der Waals surface area (Å²) in [7, 11) is -3.18. The summed E-state index contributed by atoms with van der Waals surface area (Å²) < 4.78 is 24.4. The van der Waals surface area contributed by atoms with Crippen LogP contribution in [-0.2, 0) is 9.84 Å². The van der Waals surface area contributed by atoms with E-state index in [0.29, 0.717) is 17.0 Å². The molecule has 2 unspecified atom stereocenters. The van der Waals surface area contributed by atoms with E-state index < -0.39 is 9.84 Å². The molecule has 1 saturated heterocycles. The number of nitrogens with zero attached hydrogens (tertiary/aromatic N) is 1. The Morgan fingerprint density at radius 3 is 2.37 bits per heavy atom. The second kappa shape index (κ2) is 5.51. The highest BCUT2D eigenvalue weighted by Gasteiger charge is 2.25. The molecule has 1 aromatic carbocycles. The number of hydrogen-bond acceptors (Lipinski definition) is 4. The van der Waals surface area contributed by atoms with Crippen molar-refractivity contribution in [2.75, 3.05) is 23.7 Å². The summed E-state index contributed by atoms with van der Waals surface area (Å²) in [6.07, 6.45) is 0. The molecule has 1 N–H and O–H groups in total. The van der Waals surface area contributed by atoms with Gasteiger partial charge >= 0.3 is 0 Å². The van der Waals surface area contributed by atoms with Crippen molar-refractivity contribution in [1.29, 1.82) is 0 Å². The highest BCUT2D eigenvalue weighted by molar-refractivity contribution is 7.91. The Morgan fingerprint density at radius 2 is 1.79 bits per heavy atom. The van der Waals surface area contributed by atoms with Gasteiger partial charge in [-0.1, -0.05) is 19.1 Å². The molecule has 19 heavy (non-hydrogen) atoms. The third kappa shape index (κ3) is 3.09. The van der Waals surface area contributed by atoms with Gasteiger partial charge in [-0.25, -0.2) is 8.42 Å². The number of benzene rings is 1. The van der Waals surface area contributed by atoms with E-state index >= 15 is 0 Å². The highest BCUT2D eigenvalue weighted by atomic mass is 32.2. The van der Waals surface area contributed by atoms with E-state index in [1.54, 1.807) is 19.1 Å². The fourth-order valence-electron chi connectivity index (χ4n) is 2.66. The number of anilines is 1. The minimum absolute atomic E-state index is 0.140.